The molecule has 0 fully saturated rings. The van der Waals surface area contributed by atoms with Gasteiger partial charge in [-0.3, -0.25) is 4.79 Å². The average Bonchev–Trinajstić information content (AvgIpc) is 3.16. The van der Waals surface area contributed by atoms with Crippen molar-refractivity contribution in [2.24, 2.45) is 0 Å². The summed E-state index contributed by atoms with van der Waals surface area (Å²) in [6.45, 7) is -2.99. The monoisotopic (exact) mass is 438 g/mol. The quantitative estimate of drug-likeness (QED) is 0.631. The molecule has 0 aliphatic heterocycles. The van der Waals surface area contributed by atoms with Crippen molar-refractivity contribution >= 4 is 27.5 Å². The number of hydrogen-bond acceptors (Lipinski definition) is 5. The maximum atomic E-state index is 12.6. The number of anilines is 1. The molecule has 7 nitrogen and oxygen atoms in total. The number of nitrogens with zero attached hydrogens (tertiary/aromatic N) is 3. The summed E-state index contributed by atoms with van der Waals surface area (Å²) in [6.07, 6.45) is 2.87. The number of benzene rings is 2. The van der Waals surface area contributed by atoms with Crippen LogP contribution in [0.4, 0.5) is 14.5 Å². The Morgan fingerprint density at radius 2 is 2.04 bits per heavy atom. The van der Waals surface area contributed by atoms with Crippen molar-refractivity contribution in [3.05, 3.63) is 59.1 Å². The van der Waals surface area contributed by atoms with E-state index in [1.165, 1.54) is 42.6 Å². The van der Waals surface area contributed by atoms with E-state index in [-0.39, 0.29) is 17.1 Å². The number of rotatable bonds is 6. The van der Waals surface area contributed by atoms with Gasteiger partial charge in [0.05, 0.1) is 18.5 Å². The van der Waals surface area contributed by atoms with Crippen molar-refractivity contribution < 1.29 is 23.0 Å². The van der Waals surface area contributed by atoms with Crippen LogP contribution in [0, 0.1) is 0 Å². The molecule has 1 N–H and O–H groups in total. The molecular weight excluding hydrogens is 426 g/mol. The normalized spacial score (nSPS) is 10.7. The van der Waals surface area contributed by atoms with Crippen LogP contribution in [0.1, 0.15) is 10.4 Å². The first kappa shape index (κ1) is 18.8. The number of amides is 1. The molecule has 2 aromatic carbocycles. The molecule has 0 radical (unpaired) electrons. The van der Waals surface area contributed by atoms with Crippen LogP contribution in [0.3, 0.4) is 0 Å². The molecule has 10 heteroatoms. The lowest BCUT2D eigenvalue weighted by Crippen LogP contribution is -2.14. The Morgan fingerprint density at radius 1 is 1.22 bits per heavy atom. The lowest BCUT2D eigenvalue weighted by Gasteiger charge is -2.13. The number of hydrogen-bond donors (Lipinski definition) is 1. The lowest BCUT2D eigenvalue weighted by atomic mass is 10.1. The maximum Gasteiger partial charge on any atom is 0.387 e. The van der Waals surface area contributed by atoms with Crippen LogP contribution in [-0.2, 0) is 0 Å². The molecule has 140 valence electrons. The molecule has 1 heterocycles. The lowest BCUT2D eigenvalue weighted by molar-refractivity contribution is -0.0512. The number of alkyl halides is 2. The molecule has 0 saturated heterocycles. The van der Waals surface area contributed by atoms with Gasteiger partial charge in [0.1, 0.15) is 12.7 Å². The number of carbonyl (C=O) groups is 1. The fourth-order valence-corrected chi connectivity index (χ4v) is 2.70. The summed E-state index contributed by atoms with van der Waals surface area (Å²) in [6, 6.07) is 9.20. The van der Waals surface area contributed by atoms with Gasteiger partial charge in [-0.05, 0) is 36.4 Å². The fourth-order valence-electron chi connectivity index (χ4n) is 2.34. The van der Waals surface area contributed by atoms with Crippen LogP contribution < -0.4 is 14.8 Å². The Bertz CT molecular complexity index is 951. The maximum absolute atomic E-state index is 12.6. The van der Waals surface area contributed by atoms with Crippen LogP contribution in [0.5, 0.6) is 11.5 Å². The Balaban J connectivity index is 1.89. The Hall–Kier alpha value is -3.01. The predicted octanol–water partition coefficient (Wildman–Crippen LogP) is 3.89. The summed E-state index contributed by atoms with van der Waals surface area (Å²) in [4.78, 5) is 16.5. The molecule has 0 unspecified atom stereocenters. The van der Waals surface area contributed by atoms with Gasteiger partial charge in [0.2, 0.25) is 0 Å². The third kappa shape index (κ3) is 4.40. The zero-order valence-corrected chi connectivity index (χ0v) is 15.5. The number of halogens is 3. The van der Waals surface area contributed by atoms with Gasteiger partial charge in [-0.15, -0.1) is 0 Å². The molecule has 0 atom stereocenters. The van der Waals surface area contributed by atoms with Crippen molar-refractivity contribution in [1.82, 2.24) is 14.8 Å². The van der Waals surface area contributed by atoms with Crippen LogP contribution in [0.2, 0.25) is 0 Å². The summed E-state index contributed by atoms with van der Waals surface area (Å²) in [5, 5.41) is 6.82. The van der Waals surface area contributed by atoms with Crippen molar-refractivity contribution in [2.75, 3.05) is 12.4 Å². The molecule has 0 aliphatic carbocycles. The molecule has 3 aromatic rings. The summed E-state index contributed by atoms with van der Waals surface area (Å²) < 4.78 is 36.5. The van der Waals surface area contributed by atoms with Crippen molar-refractivity contribution in [1.29, 1.82) is 0 Å². The standard InChI is InChI=1S/C17H13BrF2N4O3/c1-26-15-6-10(2-5-14(15)27-17(19)20)16(25)23-12-7-11(18)3-4-13(12)24-9-21-8-22-24/h2-9,17H,1H3,(H,23,25). The van der Waals surface area contributed by atoms with Gasteiger partial charge in [0.25, 0.3) is 5.91 Å². The number of ether oxygens (including phenoxy) is 2. The fraction of sp³-hybridized carbons (Fsp3) is 0.118. The second-order valence-electron chi connectivity index (χ2n) is 5.20. The molecule has 0 aliphatic rings. The summed E-state index contributed by atoms with van der Waals surface area (Å²) >= 11 is 3.36. The van der Waals surface area contributed by atoms with E-state index in [4.69, 9.17) is 4.74 Å². The van der Waals surface area contributed by atoms with Crippen LogP contribution in [-0.4, -0.2) is 34.4 Å². The molecule has 27 heavy (non-hydrogen) atoms. The van der Waals surface area contributed by atoms with Crippen LogP contribution in [0.25, 0.3) is 5.69 Å². The van der Waals surface area contributed by atoms with E-state index in [1.54, 1.807) is 18.2 Å². The highest BCUT2D eigenvalue weighted by Gasteiger charge is 2.16. The summed E-state index contributed by atoms with van der Waals surface area (Å²) in [7, 11) is 1.30. The topological polar surface area (TPSA) is 78.3 Å². The number of nitrogens with one attached hydrogen (secondary N) is 1. The van der Waals surface area contributed by atoms with E-state index in [1.807, 2.05) is 0 Å². The van der Waals surface area contributed by atoms with E-state index < -0.39 is 12.5 Å². The summed E-state index contributed by atoms with van der Waals surface area (Å²) in [5.74, 6) is -0.597. The van der Waals surface area contributed by atoms with Crippen LogP contribution >= 0.6 is 15.9 Å². The molecular formula is C17H13BrF2N4O3. The minimum absolute atomic E-state index is 0.0219. The van der Waals surface area contributed by atoms with Gasteiger partial charge >= 0.3 is 6.61 Å². The zero-order chi connectivity index (χ0) is 19.4. The highest BCUT2D eigenvalue weighted by molar-refractivity contribution is 9.10. The van der Waals surface area contributed by atoms with Gasteiger partial charge in [0, 0.05) is 10.0 Å². The highest BCUT2D eigenvalue weighted by Crippen LogP contribution is 2.30. The minimum atomic E-state index is -2.99. The summed E-state index contributed by atoms with van der Waals surface area (Å²) in [5.41, 5.74) is 1.29. The van der Waals surface area contributed by atoms with E-state index in [0.717, 1.165) is 4.47 Å². The van der Waals surface area contributed by atoms with E-state index in [2.05, 4.69) is 36.1 Å². The van der Waals surface area contributed by atoms with Crippen molar-refractivity contribution in [3.63, 3.8) is 0 Å². The SMILES string of the molecule is COc1cc(C(=O)Nc2cc(Br)ccc2-n2cncn2)ccc1OC(F)F. The molecule has 1 aromatic heterocycles. The smallest absolute Gasteiger partial charge is 0.387 e. The Morgan fingerprint density at radius 3 is 2.70 bits per heavy atom. The number of carbonyl (C=O) groups excluding carboxylic acids is 1. The molecule has 3 rings (SSSR count). The Labute approximate surface area is 161 Å². The third-order valence-electron chi connectivity index (χ3n) is 3.51. The molecule has 0 spiro atoms. The largest absolute Gasteiger partial charge is 0.493 e. The highest BCUT2D eigenvalue weighted by atomic mass is 79.9. The van der Waals surface area contributed by atoms with Gasteiger partial charge in [0.15, 0.2) is 11.5 Å². The van der Waals surface area contributed by atoms with Gasteiger partial charge in [-0.2, -0.15) is 13.9 Å². The van der Waals surface area contributed by atoms with Gasteiger partial charge in [-0.25, -0.2) is 9.67 Å². The predicted molar refractivity (Wildman–Crippen MR) is 96.6 cm³/mol. The van der Waals surface area contributed by atoms with E-state index >= 15 is 0 Å². The first-order chi connectivity index (χ1) is 13.0. The number of methoxy groups -OCH3 is 1. The number of aromatic nitrogens is 3. The minimum Gasteiger partial charge on any atom is -0.493 e. The van der Waals surface area contributed by atoms with Crippen molar-refractivity contribution in [3.8, 4) is 17.2 Å². The third-order valence-corrected chi connectivity index (χ3v) is 4.01. The second-order valence-corrected chi connectivity index (χ2v) is 6.12. The van der Waals surface area contributed by atoms with Crippen LogP contribution in [0.15, 0.2) is 53.5 Å². The van der Waals surface area contributed by atoms with Crippen molar-refractivity contribution in [2.45, 2.75) is 6.61 Å². The molecule has 1 amide bonds. The van der Waals surface area contributed by atoms with E-state index in [0.29, 0.717) is 11.4 Å². The molecule has 0 saturated carbocycles. The van der Waals surface area contributed by atoms with Gasteiger partial charge < -0.3 is 14.8 Å². The van der Waals surface area contributed by atoms with E-state index in [9.17, 15) is 13.6 Å². The Kier molecular flexibility index (Phi) is 5.65. The molecule has 0 bridgehead atoms. The average molecular weight is 439 g/mol. The van der Waals surface area contributed by atoms with Gasteiger partial charge in [-0.1, -0.05) is 15.9 Å². The first-order valence-corrected chi connectivity index (χ1v) is 8.36. The second kappa shape index (κ2) is 8.12. The zero-order valence-electron chi connectivity index (χ0n) is 13.9. The first-order valence-electron chi connectivity index (χ1n) is 7.56.